The van der Waals surface area contributed by atoms with Gasteiger partial charge in [0, 0.05) is 22.8 Å². The summed E-state index contributed by atoms with van der Waals surface area (Å²) in [5.41, 5.74) is 1.50. The minimum absolute atomic E-state index is 0.140. The van der Waals surface area contributed by atoms with E-state index in [-0.39, 0.29) is 11.6 Å². The molecule has 0 fully saturated rings. The van der Waals surface area contributed by atoms with E-state index in [0.717, 1.165) is 5.56 Å². The summed E-state index contributed by atoms with van der Waals surface area (Å²) < 4.78 is 0. The number of halogens is 1. The number of benzene rings is 2. The topological polar surface area (TPSA) is 32.3 Å². The molecule has 0 bridgehead atoms. The lowest BCUT2D eigenvalue weighted by molar-refractivity contribution is 0.152. The first kappa shape index (κ1) is 16.4. The third kappa shape index (κ3) is 4.50. The molecule has 1 N–H and O–H groups in total. The molecule has 22 heavy (non-hydrogen) atoms. The maximum absolute atomic E-state index is 12.6. The number of nitrogens with zero attached hydrogens (tertiary/aromatic N) is 1. The van der Waals surface area contributed by atoms with Crippen LogP contribution >= 0.6 is 11.6 Å². The van der Waals surface area contributed by atoms with E-state index in [1.807, 2.05) is 68.1 Å². The van der Waals surface area contributed by atoms with E-state index in [0.29, 0.717) is 17.3 Å². The number of hydrogen-bond donors (Lipinski definition) is 1. The molecule has 2 aromatic carbocycles. The number of carbonyl (C=O) groups is 1. The van der Waals surface area contributed by atoms with Gasteiger partial charge in [0.05, 0.1) is 0 Å². The Morgan fingerprint density at radius 1 is 1.09 bits per heavy atom. The smallest absolute Gasteiger partial charge is 0.315 e. The molecule has 0 spiro atoms. The molecule has 0 unspecified atom stereocenters. The Morgan fingerprint density at radius 2 is 1.77 bits per heavy atom. The van der Waals surface area contributed by atoms with E-state index in [2.05, 4.69) is 5.32 Å². The monoisotopic (exact) mass is 316 g/mol. The SMILES string of the molecule is CC(C)(C)N(Cc1ccccc1)C(=O)Nc1cccc(Cl)c1. The Hall–Kier alpha value is -2.00. The number of carbonyl (C=O) groups excluding carboxylic acids is 1. The van der Waals surface area contributed by atoms with Crippen LogP contribution in [0.5, 0.6) is 0 Å². The Kier molecular flexibility index (Phi) is 5.09. The predicted octanol–water partition coefficient (Wildman–Crippen LogP) is 5.17. The van der Waals surface area contributed by atoms with Crippen molar-refractivity contribution in [2.75, 3.05) is 5.32 Å². The van der Waals surface area contributed by atoms with Crippen molar-refractivity contribution in [3.63, 3.8) is 0 Å². The van der Waals surface area contributed by atoms with Gasteiger partial charge in [0.15, 0.2) is 0 Å². The summed E-state index contributed by atoms with van der Waals surface area (Å²) in [5.74, 6) is 0. The number of amides is 2. The van der Waals surface area contributed by atoms with Gasteiger partial charge >= 0.3 is 6.03 Å². The summed E-state index contributed by atoms with van der Waals surface area (Å²) in [6.07, 6.45) is 0. The van der Waals surface area contributed by atoms with Crippen molar-refractivity contribution in [1.29, 1.82) is 0 Å². The van der Waals surface area contributed by atoms with E-state index in [1.54, 1.807) is 12.1 Å². The van der Waals surface area contributed by atoms with E-state index in [4.69, 9.17) is 11.6 Å². The van der Waals surface area contributed by atoms with Crippen LogP contribution in [0.15, 0.2) is 54.6 Å². The normalized spacial score (nSPS) is 11.1. The Morgan fingerprint density at radius 3 is 2.36 bits per heavy atom. The van der Waals surface area contributed by atoms with E-state index in [9.17, 15) is 4.79 Å². The molecule has 116 valence electrons. The average molecular weight is 317 g/mol. The molecule has 3 nitrogen and oxygen atoms in total. The Labute approximate surface area is 136 Å². The fraction of sp³-hybridized carbons (Fsp3) is 0.278. The minimum Gasteiger partial charge on any atom is -0.315 e. The van der Waals surface area contributed by atoms with Crippen LogP contribution in [0, 0.1) is 0 Å². The molecule has 2 aromatic rings. The summed E-state index contributed by atoms with van der Waals surface area (Å²) in [6, 6.07) is 17.0. The summed E-state index contributed by atoms with van der Waals surface area (Å²) >= 11 is 5.96. The van der Waals surface area contributed by atoms with Crippen LogP contribution in [0.2, 0.25) is 5.02 Å². The Bertz CT molecular complexity index is 635. The molecule has 0 saturated heterocycles. The molecule has 0 saturated carbocycles. The highest BCUT2D eigenvalue weighted by molar-refractivity contribution is 6.30. The number of hydrogen-bond acceptors (Lipinski definition) is 1. The lowest BCUT2D eigenvalue weighted by atomic mass is 10.1. The zero-order valence-corrected chi connectivity index (χ0v) is 13.9. The van der Waals surface area contributed by atoms with Crippen LogP contribution < -0.4 is 5.32 Å². The highest BCUT2D eigenvalue weighted by atomic mass is 35.5. The number of nitrogens with one attached hydrogen (secondary N) is 1. The van der Waals surface area contributed by atoms with Crippen molar-refractivity contribution in [1.82, 2.24) is 4.90 Å². The molecule has 2 rings (SSSR count). The average Bonchev–Trinajstić information content (AvgIpc) is 2.44. The van der Waals surface area contributed by atoms with Crippen LogP contribution in [-0.2, 0) is 6.54 Å². The third-order valence-corrected chi connectivity index (χ3v) is 3.55. The zero-order valence-electron chi connectivity index (χ0n) is 13.1. The van der Waals surface area contributed by atoms with Gasteiger partial charge in [-0.3, -0.25) is 0 Å². The van der Waals surface area contributed by atoms with Crippen molar-refractivity contribution in [2.45, 2.75) is 32.9 Å². The van der Waals surface area contributed by atoms with Crippen LogP contribution in [0.3, 0.4) is 0 Å². The third-order valence-electron chi connectivity index (χ3n) is 3.31. The van der Waals surface area contributed by atoms with Gasteiger partial charge in [0.25, 0.3) is 0 Å². The summed E-state index contributed by atoms with van der Waals surface area (Å²) in [7, 11) is 0. The van der Waals surface area contributed by atoms with Gasteiger partial charge < -0.3 is 10.2 Å². The number of rotatable bonds is 3. The van der Waals surface area contributed by atoms with Crippen molar-refractivity contribution >= 4 is 23.3 Å². The maximum Gasteiger partial charge on any atom is 0.322 e. The molecule has 0 aromatic heterocycles. The molecule has 0 aliphatic carbocycles. The lowest BCUT2D eigenvalue weighted by Gasteiger charge is -2.35. The second-order valence-electron chi connectivity index (χ2n) is 6.18. The number of anilines is 1. The minimum atomic E-state index is -0.293. The van der Waals surface area contributed by atoms with Crippen molar-refractivity contribution < 1.29 is 4.79 Å². The van der Waals surface area contributed by atoms with Crippen molar-refractivity contribution in [3.05, 3.63) is 65.2 Å². The molecule has 0 heterocycles. The van der Waals surface area contributed by atoms with Gasteiger partial charge in [-0.2, -0.15) is 0 Å². The second-order valence-corrected chi connectivity index (χ2v) is 6.62. The summed E-state index contributed by atoms with van der Waals surface area (Å²) in [4.78, 5) is 14.5. The molecule has 4 heteroatoms. The van der Waals surface area contributed by atoms with Crippen LogP contribution in [-0.4, -0.2) is 16.5 Å². The van der Waals surface area contributed by atoms with E-state index in [1.165, 1.54) is 0 Å². The largest absolute Gasteiger partial charge is 0.322 e. The molecule has 0 atom stereocenters. The highest BCUT2D eigenvalue weighted by Gasteiger charge is 2.26. The Balaban J connectivity index is 2.17. The molecule has 0 aliphatic heterocycles. The zero-order chi connectivity index (χ0) is 16.2. The van der Waals surface area contributed by atoms with Gasteiger partial charge in [-0.05, 0) is 44.5 Å². The van der Waals surface area contributed by atoms with Crippen LogP contribution in [0.25, 0.3) is 0 Å². The van der Waals surface area contributed by atoms with Crippen molar-refractivity contribution in [3.8, 4) is 0 Å². The van der Waals surface area contributed by atoms with Crippen LogP contribution in [0.4, 0.5) is 10.5 Å². The summed E-state index contributed by atoms with van der Waals surface area (Å²) in [6.45, 7) is 6.62. The molecule has 0 aliphatic rings. The molecular formula is C18H21ClN2O. The quantitative estimate of drug-likeness (QED) is 0.832. The highest BCUT2D eigenvalue weighted by Crippen LogP contribution is 2.21. The fourth-order valence-electron chi connectivity index (χ4n) is 2.14. The van der Waals surface area contributed by atoms with E-state index >= 15 is 0 Å². The van der Waals surface area contributed by atoms with Crippen LogP contribution in [0.1, 0.15) is 26.3 Å². The van der Waals surface area contributed by atoms with Gasteiger partial charge in [-0.1, -0.05) is 48.0 Å². The van der Waals surface area contributed by atoms with Gasteiger partial charge in [0.2, 0.25) is 0 Å². The second kappa shape index (κ2) is 6.84. The maximum atomic E-state index is 12.6. The molecular weight excluding hydrogens is 296 g/mol. The molecule has 2 amide bonds. The molecule has 0 radical (unpaired) electrons. The standard InChI is InChI=1S/C18H21ClN2O/c1-18(2,3)21(13-14-8-5-4-6-9-14)17(22)20-16-11-7-10-15(19)12-16/h4-12H,13H2,1-3H3,(H,20,22). The predicted molar refractivity (Wildman–Crippen MR) is 92.2 cm³/mol. The number of urea groups is 1. The van der Waals surface area contributed by atoms with Gasteiger partial charge in [0.1, 0.15) is 0 Å². The van der Waals surface area contributed by atoms with Gasteiger partial charge in [-0.25, -0.2) is 4.79 Å². The fourth-order valence-corrected chi connectivity index (χ4v) is 2.33. The van der Waals surface area contributed by atoms with Crippen molar-refractivity contribution in [2.24, 2.45) is 0 Å². The first-order valence-corrected chi connectivity index (χ1v) is 7.62. The lowest BCUT2D eigenvalue weighted by Crippen LogP contribution is -2.47. The first-order valence-electron chi connectivity index (χ1n) is 7.24. The van der Waals surface area contributed by atoms with Gasteiger partial charge in [-0.15, -0.1) is 0 Å². The first-order chi connectivity index (χ1) is 10.4. The van der Waals surface area contributed by atoms with E-state index < -0.39 is 0 Å². The summed E-state index contributed by atoms with van der Waals surface area (Å²) in [5, 5.41) is 3.51.